The van der Waals surface area contributed by atoms with E-state index in [4.69, 9.17) is 16.3 Å². The first kappa shape index (κ1) is 22.5. The van der Waals surface area contributed by atoms with Crippen LogP contribution in [-0.2, 0) is 17.0 Å². The second-order valence-corrected chi connectivity index (χ2v) is 9.15. The van der Waals surface area contributed by atoms with E-state index in [2.05, 4.69) is 0 Å². The number of carbonyl (C=O) groups excluding carboxylic acids is 1. The Hall–Kier alpha value is -3.26. The third-order valence-corrected chi connectivity index (χ3v) is 6.82. The molecule has 2 aliphatic rings. The van der Waals surface area contributed by atoms with Crippen LogP contribution in [0.2, 0.25) is 5.02 Å². The van der Waals surface area contributed by atoms with Crippen molar-refractivity contribution in [2.24, 2.45) is 0 Å². The van der Waals surface area contributed by atoms with Gasteiger partial charge < -0.3 is 9.84 Å². The summed E-state index contributed by atoms with van der Waals surface area (Å²) in [6.07, 6.45) is 1.11. The molecular formula is C26H23ClN2O5. The van der Waals surface area contributed by atoms with Crippen LogP contribution in [0.1, 0.15) is 46.3 Å². The molecule has 7 nitrogen and oxygen atoms in total. The van der Waals surface area contributed by atoms with Crippen LogP contribution in [0.3, 0.4) is 0 Å². The molecule has 3 aromatic carbocycles. The summed E-state index contributed by atoms with van der Waals surface area (Å²) in [5.41, 5.74) is 1.51. The zero-order chi connectivity index (χ0) is 23.9. The molecule has 1 heterocycles. The van der Waals surface area contributed by atoms with Crippen molar-refractivity contribution in [3.63, 3.8) is 0 Å². The summed E-state index contributed by atoms with van der Waals surface area (Å²) in [6.45, 7) is 0.184. The molecule has 174 valence electrons. The Kier molecular flexibility index (Phi) is 5.85. The number of hydrogen-bond acceptors (Lipinski definition) is 5. The third-order valence-electron chi connectivity index (χ3n) is 6.57. The van der Waals surface area contributed by atoms with Crippen LogP contribution in [0.5, 0.6) is 0 Å². The number of nitro benzene ring substituents is 1. The monoisotopic (exact) mass is 478 g/mol. The number of hydrogen-bond donors (Lipinski definition) is 1. The van der Waals surface area contributed by atoms with Gasteiger partial charge in [-0.25, -0.2) is 0 Å². The predicted octanol–water partition coefficient (Wildman–Crippen LogP) is 5.04. The number of nitrogens with zero attached hydrogens (tertiary/aromatic N) is 2. The molecule has 1 fully saturated rings. The second-order valence-electron chi connectivity index (χ2n) is 8.72. The minimum atomic E-state index is -1.23. The van der Waals surface area contributed by atoms with Crippen LogP contribution in [0.4, 0.5) is 5.69 Å². The third kappa shape index (κ3) is 3.86. The zero-order valence-corrected chi connectivity index (χ0v) is 19.0. The second kappa shape index (κ2) is 8.83. The van der Waals surface area contributed by atoms with E-state index in [0.717, 1.165) is 16.7 Å². The van der Waals surface area contributed by atoms with E-state index in [1.54, 1.807) is 35.2 Å². The summed E-state index contributed by atoms with van der Waals surface area (Å²) in [6, 6.07) is 20.8. The standard InChI is InChI=1S/C26H23ClN2O5/c27-19-9-7-18(8-10-19)26(34-22-14-13-21(30)15-22)24-4-2-1-3-23(24)25(31)28(26)16-17-5-11-20(12-6-17)29(32)33/h1-12,21-22,30H,13-16H2/t21-,22+,26?/m1/s1. The van der Waals surface area contributed by atoms with Crippen LogP contribution in [-0.4, -0.2) is 33.0 Å². The SMILES string of the molecule is O=C1c2ccccc2C(O[C@H]2CC[C@@H](O)C2)(c2ccc(Cl)cc2)N1Cc1ccc([N+](=O)[O-])cc1. The van der Waals surface area contributed by atoms with Gasteiger partial charge in [0.25, 0.3) is 11.6 Å². The van der Waals surface area contributed by atoms with E-state index in [-0.39, 0.29) is 24.2 Å². The van der Waals surface area contributed by atoms with Gasteiger partial charge in [-0.05, 0) is 43.0 Å². The number of non-ortho nitro benzene ring substituents is 1. The first-order valence-electron chi connectivity index (χ1n) is 11.1. The molecular weight excluding hydrogens is 456 g/mol. The molecule has 1 unspecified atom stereocenters. The molecule has 3 atom stereocenters. The van der Waals surface area contributed by atoms with E-state index in [9.17, 15) is 20.0 Å². The topological polar surface area (TPSA) is 92.9 Å². The maximum atomic E-state index is 13.7. The molecule has 1 saturated carbocycles. The molecule has 0 bridgehead atoms. The molecule has 0 saturated heterocycles. The lowest BCUT2D eigenvalue weighted by Crippen LogP contribution is -2.48. The quantitative estimate of drug-likeness (QED) is 0.396. The molecule has 1 amide bonds. The summed E-state index contributed by atoms with van der Waals surface area (Å²) in [5, 5.41) is 21.8. The van der Waals surface area contributed by atoms with Gasteiger partial charge in [-0.15, -0.1) is 0 Å². The summed E-state index contributed by atoms with van der Waals surface area (Å²) < 4.78 is 6.79. The molecule has 1 aliphatic heterocycles. The highest BCUT2D eigenvalue weighted by molar-refractivity contribution is 6.30. The fourth-order valence-electron chi connectivity index (χ4n) is 4.94. The number of nitro groups is 1. The van der Waals surface area contributed by atoms with Crippen LogP contribution >= 0.6 is 11.6 Å². The normalized spacial score (nSPS) is 23.8. The number of aliphatic hydroxyl groups is 1. The molecule has 8 heteroatoms. The number of amides is 1. The van der Waals surface area contributed by atoms with Gasteiger partial charge in [-0.2, -0.15) is 0 Å². The Morgan fingerprint density at radius 1 is 1.06 bits per heavy atom. The van der Waals surface area contributed by atoms with Gasteiger partial charge in [-0.1, -0.05) is 54.1 Å². The average Bonchev–Trinajstić information content (AvgIpc) is 3.35. The summed E-state index contributed by atoms with van der Waals surface area (Å²) in [5.74, 6) is -0.192. The van der Waals surface area contributed by atoms with Gasteiger partial charge in [0.15, 0.2) is 5.72 Å². The van der Waals surface area contributed by atoms with E-state index in [1.165, 1.54) is 12.1 Å². The Morgan fingerprint density at radius 3 is 2.41 bits per heavy atom. The van der Waals surface area contributed by atoms with Crippen LogP contribution in [0.15, 0.2) is 72.8 Å². The van der Waals surface area contributed by atoms with Gasteiger partial charge in [0, 0.05) is 40.4 Å². The molecule has 0 radical (unpaired) electrons. The fourth-order valence-corrected chi connectivity index (χ4v) is 5.06. The van der Waals surface area contributed by atoms with Crippen LogP contribution < -0.4 is 0 Å². The molecule has 34 heavy (non-hydrogen) atoms. The lowest BCUT2D eigenvalue weighted by molar-refractivity contribution is -0.384. The highest BCUT2D eigenvalue weighted by atomic mass is 35.5. The van der Waals surface area contributed by atoms with Crippen molar-refractivity contribution in [1.82, 2.24) is 4.90 Å². The first-order valence-corrected chi connectivity index (χ1v) is 11.5. The Bertz CT molecular complexity index is 1230. The summed E-state index contributed by atoms with van der Waals surface area (Å²) >= 11 is 6.18. The number of ether oxygens (including phenoxy) is 1. The molecule has 1 aliphatic carbocycles. The van der Waals surface area contributed by atoms with Crippen molar-refractivity contribution in [3.05, 3.63) is 110 Å². The van der Waals surface area contributed by atoms with Gasteiger partial charge >= 0.3 is 0 Å². The number of benzene rings is 3. The van der Waals surface area contributed by atoms with Crippen molar-refractivity contribution >= 4 is 23.2 Å². The minimum absolute atomic E-state index is 0.0139. The van der Waals surface area contributed by atoms with Gasteiger partial charge in [0.2, 0.25) is 0 Å². The lowest BCUT2D eigenvalue weighted by Gasteiger charge is -2.41. The molecule has 0 spiro atoms. The van der Waals surface area contributed by atoms with Gasteiger partial charge in [-0.3, -0.25) is 19.8 Å². The molecule has 0 aromatic heterocycles. The van der Waals surface area contributed by atoms with Crippen molar-refractivity contribution in [2.75, 3.05) is 0 Å². The number of fused-ring (bicyclic) bond motifs is 1. The van der Waals surface area contributed by atoms with Crippen molar-refractivity contribution in [3.8, 4) is 0 Å². The minimum Gasteiger partial charge on any atom is -0.393 e. The Labute approximate surface area is 201 Å². The number of carbonyl (C=O) groups is 1. The number of rotatable bonds is 6. The largest absolute Gasteiger partial charge is 0.393 e. The number of halogens is 1. The fraction of sp³-hybridized carbons (Fsp3) is 0.269. The first-order chi connectivity index (χ1) is 16.4. The average molecular weight is 479 g/mol. The Morgan fingerprint density at radius 2 is 1.76 bits per heavy atom. The highest BCUT2D eigenvalue weighted by Gasteiger charge is 2.53. The maximum Gasteiger partial charge on any atom is 0.269 e. The maximum absolute atomic E-state index is 13.7. The van der Waals surface area contributed by atoms with Crippen molar-refractivity contribution < 1.29 is 19.6 Å². The highest BCUT2D eigenvalue weighted by Crippen LogP contribution is 2.48. The number of aliphatic hydroxyl groups excluding tert-OH is 1. The summed E-state index contributed by atoms with van der Waals surface area (Å²) in [7, 11) is 0. The lowest BCUT2D eigenvalue weighted by atomic mass is 9.92. The predicted molar refractivity (Wildman–Crippen MR) is 126 cm³/mol. The van der Waals surface area contributed by atoms with Crippen molar-refractivity contribution in [1.29, 1.82) is 0 Å². The van der Waals surface area contributed by atoms with E-state index >= 15 is 0 Å². The van der Waals surface area contributed by atoms with Gasteiger partial charge in [0.1, 0.15) is 0 Å². The van der Waals surface area contributed by atoms with Crippen molar-refractivity contribution in [2.45, 2.75) is 43.7 Å². The van der Waals surface area contributed by atoms with E-state index < -0.39 is 16.8 Å². The van der Waals surface area contributed by atoms with E-state index in [0.29, 0.717) is 29.8 Å². The molecule has 3 aromatic rings. The van der Waals surface area contributed by atoms with Crippen LogP contribution in [0, 0.1) is 10.1 Å². The zero-order valence-electron chi connectivity index (χ0n) is 18.3. The Balaban J connectivity index is 1.64. The molecule has 1 N–H and O–H groups in total. The summed E-state index contributed by atoms with van der Waals surface area (Å²) in [4.78, 5) is 26.0. The van der Waals surface area contributed by atoms with E-state index in [1.807, 2.05) is 30.3 Å². The van der Waals surface area contributed by atoms with Crippen LogP contribution in [0.25, 0.3) is 0 Å². The van der Waals surface area contributed by atoms with Gasteiger partial charge in [0.05, 0.1) is 17.1 Å². The smallest absolute Gasteiger partial charge is 0.269 e. The molecule has 5 rings (SSSR count).